The van der Waals surface area contributed by atoms with Crippen molar-refractivity contribution in [2.45, 2.75) is 10.6 Å². The Labute approximate surface area is 116 Å². The molecule has 2 aromatic rings. The molecule has 0 aliphatic carbocycles. The third kappa shape index (κ3) is 3.29. The number of hydrogen-bond acceptors (Lipinski definition) is 4. The van der Waals surface area contributed by atoms with E-state index in [1.807, 2.05) is 37.6 Å². The second-order valence-electron chi connectivity index (χ2n) is 4.09. The monoisotopic (exact) mass is 276 g/mol. The molecule has 0 saturated heterocycles. The van der Waals surface area contributed by atoms with Gasteiger partial charge in [-0.3, -0.25) is 10.1 Å². The molecule has 1 heterocycles. The van der Waals surface area contributed by atoms with Crippen molar-refractivity contribution >= 4 is 17.6 Å². The van der Waals surface area contributed by atoms with Gasteiger partial charge in [0.1, 0.15) is 11.6 Å². The van der Waals surface area contributed by atoms with Crippen LogP contribution in [0.5, 0.6) is 5.75 Å². The lowest BCUT2D eigenvalue weighted by molar-refractivity contribution is 0.413. The van der Waals surface area contributed by atoms with E-state index in [1.54, 1.807) is 23.6 Å². The van der Waals surface area contributed by atoms with Gasteiger partial charge in [0.25, 0.3) is 0 Å². The van der Waals surface area contributed by atoms with Crippen LogP contribution < -0.4 is 10.5 Å². The molecule has 0 atom stereocenters. The van der Waals surface area contributed by atoms with E-state index < -0.39 is 0 Å². The summed E-state index contributed by atoms with van der Waals surface area (Å²) in [5.74, 6) is 1.45. The molecule has 0 aliphatic rings. The zero-order valence-electron chi connectivity index (χ0n) is 10.9. The van der Waals surface area contributed by atoms with Gasteiger partial charge in [-0.1, -0.05) is 6.07 Å². The number of aryl methyl sites for hydroxylation is 1. The molecule has 0 amide bonds. The summed E-state index contributed by atoms with van der Waals surface area (Å²) in [5, 5.41) is 11.7. The Bertz CT molecular complexity index is 594. The molecule has 19 heavy (non-hydrogen) atoms. The van der Waals surface area contributed by atoms with Gasteiger partial charge in [0.05, 0.1) is 18.9 Å². The Morgan fingerprint density at radius 3 is 2.89 bits per heavy atom. The molecule has 5 nitrogen and oxygen atoms in total. The first-order chi connectivity index (χ1) is 9.10. The molecule has 3 N–H and O–H groups in total. The van der Waals surface area contributed by atoms with Crippen molar-refractivity contribution in [3.05, 3.63) is 41.7 Å². The highest BCUT2D eigenvalue weighted by atomic mass is 32.2. The van der Waals surface area contributed by atoms with Crippen LogP contribution in [0.3, 0.4) is 0 Å². The van der Waals surface area contributed by atoms with E-state index in [-0.39, 0.29) is 5.84 Å². The number of hydrogen-bond donors (Lipinski definition) is 2. The van der Waals surface area contributed by atoms with Crippen LogP contribution in [-0.2, 0) is 12.8 Å². The Hall–Kier alpha value is -1.95. The molecule has 0 unspecified atom stereocenters. The van der Waals surface area contributed by atoms with E-state index in [4.69, 9.17) is 15.9 Å². The first-order valence-corrected chi connectivity index (χ1v) is 6.71. The van der Waals surface area contributed by atoms with Crippen molar-refractivity contribution in [1.82, 2.24) is 9.78 Å². The molecule has 2 rings (SSSR count). The number of rotatable bonds is 5. The van der Waals surface area contributed by atoms with Crippen molar-refractivity contribution < 1.29 is 4.74 Å². The Morgan fingerprint density at radius 1 is 1.53 bits per heavy atom. The molecule has 0 spiro atoms. The number of nitrogens with one attached hydrogen (secondary N) is 1. The maximum atomic E-state index is 7.55. The standard InChI is InChI=1S/C13H16N4OS/c1-17-7-10(6-16-17)19-8-9-3-4-12(18-2)11(5-9)13(14)15/h3-7H,8H2,1-2H3,(H3,14,15). The molecular formula is C13H16N4OS. The smallest absolute Gasteiger partial charge is 0.129 e. The molecule has 0 radical (unpaired) electrons. The first kappa shape index (κ1) is 13.5. The minimum absolute atomic E-state index is 0.0186. The number of nitrogen functional groups attached to an aromatic ring is 1. The van der Waals surface area contributed by atoms with Crippen LogP contribution in [0.15, 0.2) is 35.5 Å². The predicted molar refractivity (Wildman–Crippen MR) is 76.8 cm³/mol. The van der Waals surface area contributed by atoms with E-state index in [0.717, 1.165) is 16.2 Å². The van der Waals surface area contributed by atoms with E-state index in [9.17, 15) is 0 Å². The Balaban J connectivity index is 2.12. The predicted octanol–water partition coefficient (Wildman–Crippen LogP) is 2.01. The molecule has 1 aromatic carbocycles. The normalized spacial score (nSPS) is 10.4. The van der Waals surface area contributed by atoms with Gasteiger partial charge in [0.2, 0.25) is 0 Å². The number of methoxy groups -OCH3 is 1. The van der Waals surface area contributed by atoms with Gasteiger partial charge >= 0.3 is 0 Å². The number of nitrogens with zero attached hydrogens (tertiary/aromatic N) is 2. The van der Waals surface area contributed by atoms with E-state index >= 15 is 0 Å². The molecule has 0 fully saturated rings. The van der Waals surface area contributed by atoms with Gasteiger partial charge in [-0.25, -0.2) is 0 Å². The van der Waals surface area contributed by atoms with Gasteiger partial charge in [-0.15, -0.1) is 11.8 Å². The Kier molecular flexibility index (Phi) is 4.11. The van der Waals surface area contributed by atoms with Crippen LogP contribution in [0.2, 0.25) is 0 Å². The van der Waals surface area contributed by atoms with Crippen LogP contribution in [0.25, 0.3) is 0 Å². The summed E-state index contributed by atoms with van der Waals surface area (Å²) in [6.07, 6.45) is 3.81. The van der Waals surface area contributed by atoms with Crippen molar-refractivity contribution in [1.29, 1.82) is 5.41 Å². The minimum Gasteiger partial charge on any atom is -0.496 e. The SMILES string of the molecule is COc1ccc(CSc2cnn(C)c2)cc1C(=N)N. The summed E-state index contributed by atoms with van der Waals surface area (Å²) < 4.78 is 6.96. The lowest BCUT2D eigenvalue weighted by Gasteiger charge is -2.09. The van der Waals surface area contributed by atoms with Gasteiger partial charge < -0.3 is 10.5 Å². The fourth-order valence-corrected chi connectivity index (χ4v) is 2.56. The minimum atomic E-state index is 0.0186. The van der Waals surface area contributed by atoms with Crippen molar-refractivity contribution in [3.8, 4) is 5.75 Å². The first-order valence-electron chi connectivity index (χ1n) is 5.73. The summed E-state index contributed by atoms with van der Waals surface area (Å²) >= 11 is 1.69. The van der Waals surface area contributed by atoms with Crippen molar-refractivity contribution in [3.63, 3.8) is 0 Å². The average molecular weight is 276 g/mol. The third-order valence-electron chi connectivity index (χ3n) is 2.64. The lowest BCUT2D eigenvalue weighted by Crippen LogP contribution is -2.12. The molecule has 100 valence electrons. The summed E-state index contributed by atoms with van der Waals surface area (Å²) in [4.78, 5) is 1.11. The number of nitrogens with two attached hydrogens (primary N) is 1. The number of ether oxygens (including phenoxy) is 1. The number of aromatic nitrogens is 2. The summed E-state index contributed by atoms with van der Waals surface area (Å²) in [7, 11) is 3.47. The topological polar surface area (TPSA) is 76.9 Å². The number of thioether (sulfide) groups is 1. The molecule has 0 bridgehead atoms. The van der Waals surface area contributed by atoms with Crippen LogP contribution in [-0.4, -0.2) is 22.7 Å². The zero-order valence-corrected chi connectivity index (χ0v) is 11.7. The molecule has 1 aromatic heterocycles. The zero-order chi connectivity index (χ0) is 13.8. The fourth-order valence-electron chi connectivity index (χ4n) is 1.70. The third-order valence-corrected chi connectivity index (χ3v) is 3.66. The van der Waals surface area contributed by atoms with Crippen LogP contribution in [0.1, 0.15) is 11.1 Å². The fraction of sp³-hybridized carbons (Fsp3) is 0.231. The highest BCUT2D eigenvalue weighted by Gasteiger charge is 2.07. The number of amidine groups is 1. The molecular weight excluding hydrogens is 260 g/mol. The Morgan fingerprint density at radius 2 is 2.32 bits per heavy atom. The van der Waals surface area contributed by atoms with Gasteiger partial charge in [0.15, 0.2) is 0 Å². The van der Waals surface area contributed by atoms with Crippen LogP contribution in [0, 0.1) is 5.41 Å². The van der Waals surface area contributed by atoms with Crippen LogP contribution >= 0.6 is 11.8 Å². The summed E-state index contributed by atoms with van der Waals surface area (Å²) in [5.41, 5.74) is 7.28. The second kappa shape index (κ2) is 5.79. The maximum Gasteiger partial charge on any atom is 0.129 e. The summed E-state index contributed by atoms with van der Waals surface area (Å²) in [6, 6.07) is 5.72. The van der Waals surface area contributed by atoms with Crippen LogP contribution in [0.4, 0.5) is 0 Å². The second-order valence-corrected chi connectivity index (χ2v) is 5.14. The molecule has 0 saturated carbocycles. The van der Waals surface area contributed by atoms with Gasteiger partial charge in [0, 0.05) is 23.9 Å². The molecule has 0 aliphatic heterocycles. The average Bonchev–Trinajstić information content (AvgIpc) is 2.81. The number of benzene rings is 1. The highest BCUT2D eigenvalue weighted by Crippen LogP contribution is 2.25. The van der Waals surface area contributed by atoms with E-state index in [1.165, 1.54) is 0 Å². The van der Waals surface area contributed by atoms with Crippen molar-refractivity contribution in [2.75, 3.05) is 7.11 Å². The van der Waals surface area contributed by atoms with Gasteiger partial charge in [-0.2, -0.15) is 5.10 Å². The van der Waals surface area contributed by atoms with Gasteiger partial charge in [-0.05, 0) is 17.7 Å². The van der Waals surface area contributed by atoms with Crippen molar-refractivity contribution in [2.24, 2.45) is 12.8 Å². The maximum absolute atomic E-state index is 7.55. The highest BCUT2D eigenvalue weighted by molar-refractivity contribution is 7.98. The van der Waals surface area contributed by atoms with E-state index in [0.29, 0.717) is 11.3 Å². The lowest BCUT2D eigenvalue weighted by atomic mass is 10.1. The molecule has 6 heteroatoms. The quantitative estimate of drug-likeness (QED) is 0.497. The van der Waals surface area contributed by atoms with E-state index in [2.05, 4.69) is 5.10 Å². The largest absolute Gasteiger partial charge is 0.496 e. The summed E-state index contributed by atoms with van der Waals surface area (Å²) in [6.45, 7) is 0.